The Balaban J connectivity index is 1.73. The van der Waals surface area contributed by atoms with Gasteiger partial charge in [-0.2, -0.15) is 4.31 Å². The zero-order valence-corrected chi connectivity index (χ0v) is 12.8. The van der Waals surface area contributed by atoms with Crippen LogP contribution < -0.4 is 11.3 Å². The highest BCUT2D eigenvalue weighted by atomic mass is 32.2. The Labute approximate surface area is 125 Å². The van der Waals surface area contributed by atoms with E-state index in [4.69, 9.17) is 5.84 Å². The number of hydrogen-bond acceptors (Lipinski definition) is 6. The fraction of sp³-hybridized carbons (Fsp3) is 0.692. The molecular formula is C13H21N5O2S. The van der Waals surface area contributed by atoms with Crippen LogP contribution in [-0.4, -0.2) is 35.8 Å². The summed E-state index contributed by atoms with van der Waals surface area (Å²) in [6, 6.07) is 0. The van der Waals surface area contributed by atoms with E-state index in [1.807, 2.05) is 0 Å². The highest BCUT2D eigenvalue weighted by Gasteiger charge is 2.40. The minimum atomic E-state index is -3.49. The van der Waals surface area contributed by atoms with Gasteiger partial charge in [0, 0.05) is 13.1 Å². The molecule has 1 spiro atoms. The molecule has 0 atom stereocenters. The van der Waals surface area contributed by atoms with Crippen LogP contribution in [0.2, 0.25) is 0 Å². The van der Waals surface area contributed by atoms with Crippen molar-refractivity contribution < 1.29 is 8.42 Å². The van der Waals surface area contributed by atoms with Crippen molar-refractivity contribution in [3.63, 3.8) is 0 Å². The zero-order valence-electron chi connectivity index (χ0n) is 12.0. The van der Waals surface area contributed by atoms with Gasteiger partial charge in [0.15, 0.2) is 0 Å². The van der Waals surface area contributed by atoms with Gasteiger partial charge in [-0.05, 0) is 31.1 Å². The number of piperidine rings is 1. The summed E-state index contributed by atoms with van der Waals surface area (Å²) >= 11 is 0. The molecule has 0 bridgehead atoms. The van der Waals surface area contributed by atoms with Crippen LogP contribution in [-0.2, 0) is 10.0 Å². The molecule has 3 N–H and O–H groups in total. The van der Waals surface area contributed by atoms with E-state index in [9.17, 15) is 8.42 Å². The third-order valence-electron chi connectivity index (χ3n) is 4.84. The average molecular weight is 311 g/mol. The Morgan fingerprint density at radius 1 is 1.10 bits per heavy atom. The van der Waals surface area contributed by atoms with Gasteiger partial charge in [0.25, 0.3) is 0 Å². The first-order chi connectivity index (χ1) is 10.1. The van der Waals surface area contributed by atoms with E-state index in [1.165, 1.54) is 38.1 Å². The lowest BCUT2D eigenvalue weighted by Crippen LogP contribution is -2.42. The van der Waals surface area contributed by atoms with Crippen LogP contribution in [0.5, 0.6) is 0 Å². The van der Waals surface area contributed by atoms with Gasteiger partial charge in [-0.1, -0.05) is 12.8 Å². The van der Waals surface area contributed by atoms with Gasteiger partial charge in [-0.25, -0.2) is 24.2 Å². The van der Waals surface area contributed by atoms with Gasteiger partial charge in [-0.15, -0.1) is 0 Å². The molecule has 21 heavy (non-hydrogen) atoms. The van der Waals surface area contributed by atoms with Gasteiger partial charge in [0.1, 0.15) is 4.90 Å². The molecule has 0 radical (unpaired) electrons. The Bertz CT molecular complexity index is 585. The van der Waals surface area contributed by atoms with Crippen molar-refractivity contribution >= 4 is 16.0 Å². The predicted octanol–water partition coefficient (Wildman–Crippen LogP) is 1.11. The lowest BCUT2D eigenvalue weighted by Gasteiger charge is -2.38. The fourth-order valence-electron chi connectivity index (χ4n) is 3.50. The Hall–Kier alpha value is -1.25. The molecule has 0 aromatic carbocycles. The fourth-order valence-corrected chi connectivity index (χ4v) is 4.83. The molecule has 1 aliphatic carbocycles. The second-order valence-corrected chi connectivity index (χ2v) is 7.94. The lowest BCUT2D eigenvalue weighted by molar-refractivity contribution is 0.160. The largest absolute Gasteiger partial charge is 0.292 e. The lowest BCUT2D eigenvalue weighted by atomic mass is 9.78. The van der Waals surface area contributed by atoms with Gasteiger partial charge in [0.05, 0.1) is 12.4 Å². The summed E-state index contributed by atoms with van der Waals surface area (Å²) < 4.78 is 26.7. The number of aromatic nitrogens is 2. The average Bonchev–Trinajstić information content (AvgIpc) is 2.96. The monoisotopic (exact) mass is 311 g/mol. The molecule has 2 heterocycles. The predicted molar refractivity (Wildman–Crippen MR) is 78.7 cm³/mol. The topological polar surface area (TPSA) is 101 Å². The number of nitrogens with two attached hydrogens (primary N) is 1. The Kier molecular flexibility index (Phi) is 3.85. The molecule has 1 aromatic rings. The second-order valence-electron chi connectivity index (χ2n) is 6.00. The molecule has 2 fully saturated rings. The maximum Gasteiger partial charge on any atom is 0.246 e. The van der Waals surface area contributed by atoms with Gasteiger partial charge < -0.3 is 0 Å². The molecule has 1 aromatic heterocycles. The van der Waals surface area contributed by atoms with Crippen LogP contribution in [0.25, 0.3) is 0 Å². The van der Waals surface area contributed by atoms with E-state index in [2.05, 4.69) is 15.4 Å². The van der Waals surface area contributed by atoms with Crippen molar-refractivity contribution in [1.82, 2.24) is 14.3 Å². The van der Waals surface area contributed by atoms with E-state index < -0.39 is 10.0 Å². The number of nitrogen functional groups attached to an aromatic ring is 1. The summed E-state index contributed by atoms with van der Waals surface area (Å²) in [5.74, 6) is 5.39. The molecule has 0 amide bonds. The smallest absolute Gasteiger partial charge is 0.246 e. The minimum Gasteiger partial charge on any atom is -0.292 e. The molecule has 2 aliphatic rings. The molecule has 8 heteroatoms. The van der Waals surface area contributed by atoms with Crippen LogP contribution >= 0.6 is 0 Å². The van der Waals surface area contributed by atoms with E-state index in [1.54, 1.807) is 4.31 Å². The van der Waals surface area contributed by atoms with E-state index in [-0.39, 0.29) is 10.8 Å². The third kappa shape index (κ3) is 2.75. The van der Waals surface area contributed by atoms with Crippen LogP contribution in [0, 0.1) is 5.41 Å². The van der Waals surface area contributed by atoms with Crippen molar-refractivity contribution in [1.29, 1.82) is 0 Å². The summed E-state index contributed by atoms with van der Waals surface area (Å²) in [4.78, 5) is 7.88. The summed E-state index contributed by atoms with van der Waals surface area (Å²) in [5, 5.41) is 0. The Morgan fingerprint density at radius 3 is 2.19 bits per heavy atom. The van der Waals surface area contributed by atoms with Crippen LogP contribution in [0.3, 0.4) is 0 Å². The molecule has 7 nitrogen and oxygen atoms in total. The molecule has 1 aliphatic heterocycles. The van der Waals surface area contributed by atoms with Crippen molar-refractivity contribution in [2.45, 2.75) is 43.4 Å². The zero-order chi connectivity index (χ0) is 14.9. The van der Waals surface area contributed by atoms with Gasteiger partial charge in [0.2, 0.25) is 16.0 Å². The first-order valence-corrected chi connectivity index (χ1v) is 8.79. The molecule has 0 unspecified atom stereocenters. The number of nitrogens with zero attached hydrogens (tertiary/aromatic N) is 3. The van der Waals surface area contributed by atoms with E-state index in [0.717, 1.165) is 12.8 Å². The summed E-state index contributed by atoms with van der Waals surface area (Å²) in [6.45, 7) is 1.19. The number of sulfonamides is 1. The van der Waals surface area contributed by atoms with Crippen LogP contribution in [0.4, 0.5) is 5.95 Å². The first-order valence-electron chi connectivity index (χ1n) is 7.35. The van der Waals surface area contributed by atoms with Crippen molar-refractivity contribution in [3.8, 4) is 0 Å². The SMILES string of the molecule is NNc1ncc(S(=O)(=O)N2CCC3(CCCC3)CC2)cn1. The number of rotatable bonds is 3. The van der Waals surface area contributed by atoms with Gasteiger partial charge in [-0.3, -0.25) is 5.43 Å². The maximum atomic E-state index is 12.6. The summed E-state index contributed by atoms with van der Waals surface area (Å²) in [6.07, 6.45) is 9.62. The van der Waals surface area contributed by atoms with Gasteiger partial charge >= 0.3 is 0 Å². The normalized spacial score (nSPS) is 22.5. The second kappa shape index (κ2) is 5.51. The van der Waals surface area contributed by atoms with Crippen molar-refractivity contribution in [3.05, 3.63) is 12.4 Å². The highest BCUT2D eigenvalue weighted by Crippen LogP contribution is 2.46. The van der Waals surface area contributed by atoms with Crippen LogP contribution in [0.15, 0.2) is 17.3 Å². The van der Waals surface area contributed by atoms with E-state index >= 15 is 0 Å². The molecule has 1 saturated carbocycles. The molecule has 116 valence electrons. The molecular weight excluding hydrogens is 290 g/mol. The minimum absolute atomic E-state index is 0.129. The maximum absolute atomic E-state index is 12.6. The quantitative estimate of drug-likeness (QED) is 0.640. The van der Waals surface area contributed by atoms with Crippen molar-refractivity contribution in [2.24, 2.45) is 11.3 Å². The highest BCUT2D eigenvalue weighted by molar-refractivity contribution is 7.89. The number of nitrogens with one attached hydrogen (secondary N) is 1. The van der Waals surface area contributed by atoms with Crippen molar-refractivity contribution in [2.75, 3.05) is 18.5 Å². The molecule has 3 rings (SSSR count). The van der Waals surface area contributed by atoms with E-state index in [0.29, 0.717) is 18.5 Å². The number of anilines is 1. The first kappa shape index (κ1) is 14.7. The third-order valence-corrected chi connectivity index (χ3v) is 6.69. The summed E-state index contributed by atoms with van der Waals surface area (Å²) in [7, 11) is -3.49. The number of hydrogen-bond donors (Lipinski definition) is 2. The summed E-state index contributed by atoms with van der Waals surface area (Å²) in [5.41, 5.74) is 2.69. The standard InChI is InChI=1S/C13H21N5O2S/c14-17-12-15-9-11(10-16-12)21(19,20)18-7-5-13(6-8-18)3-1-2-4-13/h9-10H,1-8,14H2,(H,15,16,17). The van der Waals surface area contributed by atoms with Crippen LogP contribution in [0.1, 0.15) is 38.5 Å². The number of hydrazine groups is 1. The Morgan fingerprint density at radius 2 is 1.67 bits per heavy atom. The molecule has 1 saturated heterocycles.